The number of nitrogens with one attached hydrogen (secondary N) is 2. The molecule has 2 aromatic rings. The number of anilines is 1. The van der Waals surface area contributed by atoms with Gasteiger partial charge in [-0.05, 0) is 49.2 Å². The zero-order chi connectivity index (χ0) is 23.6. The number of rotatable bonds is 7. The van der Waals surface area contributed by atoms with Gasteiger partial charge in [-0.3, -0.25) is 14.5 Å². The molecule has 1 heterocycles. The summed E-state index contributed by atoms with van der Waals surface area (Å²) >= 11 is 0. The molecule has 1 saturated heterocycles. The Morgan fingerprint density at radius 1 is 1.09 bits per heavy atom. The maximum absolute atomic E-state index is 14.0. The summed E-state index contributed by atoms with van der Waals surface area (Å²) in [5, 5.41) is 4.99. The van der Waals surface area contributed by atoms with Crippen molar-refractivity contribution >= 4 is 23.5 Å². The molecule has 0 bridgehead atoms. The average molecular weight is 445 g/mol. The predicted molar refractivity (Wildman–Crippen MR) is 113 cm³/mol. The second kappa shape index (κ2) is 8.74. The molecule has 0 aromatic heterocycles. The fourth-order valence-corrected chi connectivity index (χ4v) is 3.46. The van der Waals surface area contributed by atoms with Crippen LogP contribution in [0.1, 0.15) is 18.1 Å². The van der Waals surface area contributed by atoms with Crippen molar-refractivity contribution in [3.05, 3.63) is 47.3 Å². The van der Waals surface area contributed by atoms with Crippen LogP contribution < -0.4 is 24.8 Å². The number of methoxy groups -OCH3 is 3. The van der Waals surface area contributed by atoms with Crippen molar-refractivity contribution in [1.29, 1.82) is 0 Å². The van der Waals surface area contributed by atoms with E-state index in [9.17, 15) is 18.8 Å². The van der Waals surface area contributed by atoms with Crippen molar-refractivity contribution in [1.82, 2.24) is 10.2 Å². The van der Waals surface area contributed by atoms with E-state index in [1.54, 1.807) is 25.1 Å². The average Bonchev–Trinajstić information content (AvgIpc) is 2.98. The third kappa shape index (κ3) is 4.03. The number of amides is 4. The Morgan fingerprint density at radius 3 is 2.25 bits per heavy atom. The highest BCUT2D eigenvalue weighted by Gasteiger charge is 2.50. The van der Waals surface area contributed by atoms with E-state index in [0.717, 1.165) is 4.90 Å². The maximum Gasteiger partial charge on any atom is 0.325 e. The van der Waals surface area contributed by atoms with E-state index in [2.05, 4.69) is 10.6 Å². The fraction of sp³-hybridized carbons (Fsp3) is 0.318. The zero-order valence-corrected chi connectivity index (χ0v) is 18.4. The van der Waals surface area contributed by atoms with E-state index in [-0.39, 0.29) is 5.69 Å². The molecule has 1 fully saturated rings. The Bertz CT molecular complexity index is 1060. The number of nitrogens with zero attached hydrogens (tertiary/aromatic N) is 1. The summed E-state index contributed by atoms with van der Waals surface area (Å²) in [4.78, 5) is 38.9. The number of aryl methyl sites for hydroxylation is 1. The minimum absolute atomic E-state index is 0.0416. The first kappa shape index (κ1) is 22.9. The summed E-state index contributed by atoms with van der Waals surface area (Å²) in [6, 6.07) is 6.65. The van der Waals surface area contributed by atoms with Crippen molar-refractivity contribution in [2.75, 3.05) is 33.2 Å². The molecule has 9 nitrogen and oxygen atoms in total. The quantitative estimate of drug-likeness (QED) is 0.635. The van der Waals surface area contributed by atoms with E-state index in [0.29, 0.717) is 28.4 Å². The summed E-state index contributed by atoms with van der Waals surface area (Å²) in [5.74, 6) is -1.05. The van der Waals surface area contributed by atoms with Gasteiger partial charge in [0.25, 0.3) is 5.91 Å². The van der Waals surface area contributed by atoms with Crippen LogP contribution in [-0.4, -0.2) is 50.6 Å². The smallest absolute Gasteiger partial charge is 0.325 e. The number of ether oxygens (including phenoxy) is 3. The maximum atomic E-state index is 14.0. The predicted octanol–water partition coefficient (Wildman–Crippen LogP) is 2.57. The summed E-state index contributed by atoms with van der Waals surface area (Å²) < 4.78 is 29.9. The molecule has 0 saturated carbocycles. The number of hydrogen-bond donors (Lipinski definition) is 2. The first-order valence-electron chi connectivity index (χ1n) is 9.65. The van der Waals surface area contributed by atoms with Gasteiger partial charge in [-0.1, -0.05) is 6.07 Å². The summed E-state index contributed by atoms with van der Waals surface area (Å²) in [6.07, 6.45) is 0. The van der Waals surface area contributed by atoms with Crippen LogP contribution >= 0.6 is 0 Å². The van der Waals surface area contributed by atoms with Crippen LogP contribution in [-0.2, 0) is 15.1 Å². The highest BCUT2D eigenvalue weighted by molar-refractivity contribution is 6.10. The molecule has 1 aliphatic rings. The lowest BCUT2D eigenvalue weighted by molar-refractivity contribution is -0.133. The van der Waals surface area contributed by atoms with Gasteiger partial charge < -0.3 is 24.8 Å². The normalized spacial score (nSPS) is 17.8. The van der Waals surface area contributed by atoms with Crippen LogP contribution in [0, 0.1) is 12.7 Å². The molecule has 2 N–H and O–H groups in total. The summed E-state index contributed by atoms with van der Waals surface area (Å²) in [7, 11) is 4.31. The third-order valence-corrected chi connectivity index (χ3v) is 5.22. The first-order valence-corrected chi connectivity index (χ1v) is 9.65. The van der Waals surface area contributed by atoms with Crippen LogP contribution in [0.3, 0.4) is 0 Å². The number of imide groups is 1. The molecule has 0 spiro atoms. The third-order valence-electron chi connectivity index (χ3n) is 5.22. The number of halogens is 1. The largest absolute Gasteiger partial charge is 0.493 e. The van der Waals surface area contributed by atoms with E-state index >= 15 is 0 Å². The Hall–Kier alpha value is -3.82. The summed E-state index contributed by atoms with van der Waals surface area (Å²) in [5.41, 5.74) is -0.465. The molecule has 3 rings (SSSR count). The van der Waals surface area contributed by atoms with Crippen molar-refractivity contribution in [3.8, 4) is 17.2 Å². The summed E-state index contributed by atoms with van der Waals surface area (Å²) in [6.45, 7) is 2.63. The van der Waals surface area contributed by atoms with Crippen molar-refractivity contribution in [3.63, 3.8) is 0 Å². The van der Waals surface area contributed by atoms with Gasteiger partial charge in [-0.25, -0.2) is 9.18 Å². The van der Waals surface area contributed by atoms with Crippen LogP contribution in [0.5, 0.6) is 17.2 Å². The molecule has 10 heteroatoms. The first-order chi connectivity index (χ1) is 15.1. The van der Waals surface area contributed by atoms with Crippen molar-refractivity contribution in [2.45, 2.75) is 19.4 Å². The van der Waals surface area contributed by atoms with Gasteiger partial charge in [0.05, 0.1) is 27.0 Å². The molecule has 2 aromatic carbocycles. The van der Waals surface area contributed by atoms with Crippen LogP contribution in [0.25, 0.3) is 0 Å². The van der Waals surface area contributed by atoms with Crippen LogP contribution in [0.4, 0.5) is 14.9 Å². The SMILES string of the molecule is COc1cc(C2(C)NC(=O)N(CC(=O)Nc3ccc(C)cc3F)C2=O)cc(OC)c1OC. The number of carbonyl (C=O) groups is 3. The van der Waals surface area contributed by atoms with E-state index in [1.807, 2.05) is 0 Å². The molecule has 1 atom stereocenters. The second-order valence-corrected chi connectivity index (χ2v) is 7.39. The highest BCUT2D eigenvalue weighted by atomic mass is 19.1. The van der Waals surface area contributed by atoms with Gasteiger partial charge in [0.2, 0.25) is 11.7 Å². The molecular weight excluding hydrogens is 421 g/mol. The number of hydrogen-bond acceptors (Lipinski definition) is 6. The highest BCUT2D eigenvalue weighted by Crippen LogP contribution is 2.42. The Balaban J connectivity index is 1.85. The Kier molecular flexibility index (Phi) is 6.24. The van der Waals surface area contributed by atoms with E-state index < -0.39 is 35.7 Å². The fourth-order valence-electron chi connectivity index (χ4n) is 3.46. The van der Waals surface area contributed by atoms with Gasteiger partial charge >= 0.3 is 6.03 Å². The number of urea groups is 1. The van der Waals surface area contributed by atoms with Gasteiger partial charge in [-0.15, -0.1) is 0 Å². The van der Waals surface area contributed by atoms with Crippen LogP contribution in [0.15, 0.2) is 30.3 Å². The molecule has 4 amide bonds. The van der Waals surface area contributed by atoms with Crippen LogP contribution in [0.2, 0.25) is 0 Å². The van der Waals surface area contributed by atoms with Gasteiger partial charge in [0, 0.05) is 0 Å². The minimum atomic E-state index is -1.49. The van der Waals surface area contributed by atoms with Gasteiger partial charge in [-0.2, -0.15) is 0 Å². The topological polar surface area (TPSA) is 106 Å². The molecule has 0 aliphatic carbocycles. The monoisotopic (exact) mass is 445 g/mol. The van der Waals surface area contributed by atoms with Gasteiger partial charge in [0.1, 0.15) is 17.9 Å². The molecule has 1 aliphatic heterocycles. The standard InChI is InChI=1S/C22H24FN3O6/c1-12-6-7-15(14(23)8-12)24-18(27)11-26-20(28)22(2,25-21(26)29)13-9-16(30-3)19(32-5)17(10-13)31-4/h6-10H,11H2,1-5H3,(H,24,27)(H,25,29). The zero-order valence-electron chi connectivity index (χ0n) is 18.4. The lowest BCUT2D eigenvalue weighted by atomic mass is 9.91. The minimum Gasteiger partial charge on any atom is -0.493 e. The Labute approximate surface area is 184 Å². The Morgan fingerprint density at radius 2 is 1.72 bits per heavy atom. The number of carbonyl (C=O) groups excluding carboxylic acids is 3. The van der Waals surface area contributed by atoms with E-state index in [1.165, 1.54) is 40.4 Å². The molecule has 0 radical (unpaired) electrons. The number of benzene rings is 2. The molecule has 170 valence electrons. The second-order valence-electron chi connectivity index (χ2n) is 7.39. The molecule has 1 unspecified atom stereocenters. The lowest BCUT2D eigenvalue weighted by Gasteiger charge is -2.24. The lowest BCUT2D eigenvalue weighted by Crippen LogP contribution is -2.42. The van der Waals surface area contributed by atoms with Crippen molar-refractivity contribution in [2.24, 2.45) is 0 Å². The van der Waals surface area contributed by atoms with E-state index in [4.69, 9.17) is 14.2 Å². The molecule has 32 heavy (non-hydrogen) atoms. The van der Waals surface area contributed by atoms with Gasteiger partial charge in [0.15, 0.2) is 11.5 Å². The van der Waals surface area contributed by atoms with Crippen molar-refractivity contribution < 1.29 is 33.0 Å². The molecular formula is C22H24FN3O6.